The van der Waals surface area contributed by atoms with Crippen molar-refractivity contribution in [2.75, 3.05) is 6.61 Å². The van der Waals surface area contributed by atoms with Crippen LogP contribution in [-0.2, 0) is 10.0 Å². The van der Waals surface area contributed by atoms with Crippen LogP contribution >= 0.6 is 11.6 Å². The van der Waals surface area contributed by atoms with E-state index in [0.717, 1.165) is 0 Å². The zero-order valence-corrected chi connectivity index (χ0v) is 12.3. The van der Waals surface area contributed by atoms with Crippen molar-refractivity contribution < 1.29 is 13.5 Å². The second-order valence-corrected chi connectivity index (χ2v) is 6.37. The summed E-state index contributed by atoms with van der Waals surface area (Å²) in [5.41, 5.74) is 1.30. The number of hydrogen-bond donors (Lipinski definition) is 2. The lowest BCUT2D eigenvalue weighted by Crippen LogP contribution is -2.37. The minimum Gasteiger partial charge on any atom is -0.395 e. The fourth-order valence-electron chi connectivity index (χ4n) is 1.58. The molecule has 0 bridgehead atoms. The molecule has 0 radical (unpaired) electrons. The van der Waals surface area contributed by atoms with Crippen molar-refractivity contribution in [2.24, 2.45) is 0 Å². The Balaban J connectivity index is 3.16. The Morgan fingerprint density at radius 1 is 1.33 bits per heavy atom. The van der Waals surface area contributed by atoms with Crippen molar-refractivity contribution in [2.45, 2.75) is 38.1 Å². The van der Waals surface area contributed by atoms with Gasteiger partial charge in [0.2, 0.25) is 10.0 Å². The largest absolute Gasteiger partial charge is 0.395 e. The van der Waals surface area contributed by atoms with Gasteiger partial charge in [0.25, 0.3) is 0 Å². The first-order valence-electron chi connectivity index (χ1n) is 5.71. The van der Waals surface area contributed by atoms with Crippen LogP contribution in [0.5, 0.6) is 0 Å². The molecule has 0 aliphatic rings. The first-order chi connectivity index (χ1) is 8.31. The summed E-state index contributed by atoms with van der Waals surface area (Å²) in [6, 6.07) is 2.71. The highest BCUT2D eigenvalue weighted by Crippen LogP contribution is 2.24. The van der Waals surface area contributed by atoms with E-state index in [-0.39, 0.29) is 11.5 Å². The summed E-state index contributed by atoms with van der Waals surface area (Å²) in [4.78, 5) is 0.205. The van der Waals surface area contributed by atoms with E-state index in [2.05, 4.69) is 4.72 Å². The fourth-order valence-corrected chi connectivity index (χ4v) is 3.42. The number of halogens is 1. The Bertz CT molecular complexity index is 524. The number of aliphatic hydroxyl groups excluding tert-OH is 1. The lowest BCUT2D eigenvalue weighted by Gasteiger charge is -2.16. The number of aliphatic hydroxyl groups is 1. The third kappa shape index (κ3) is 3.45. The molecule has 0 aliphatic heterocycles. The van der Waals surface area contributed by atoms with Gasteiger partial charge in [-0.05, 0) is 43.5 Å². The van der Waals surface area contributed by atoms with Gasteiger partial charge in [0.15, 0.2) is 0 Å². The Hall–Kier alpha value is -0.620. The van der Waals surface area contributed by atoms with E-state index in [1.165, 1.54) is 0 Å². The van der Waals surface area contributed by atoms with Crippen LogP contribution in [0.2, 0.25) is 5.02 Å². The van der Waals surface area contributed by atoms with Crippen LogP contribution in [0.25, 0.3) is 0 Å². The number of benzene rings is 1. The van der Waals surface area contributed by atoms with E-state index >= 15 is 0 Å². The van der Waals surface area contributed by atoms with Crippen LogP contribution in [0, 0.1) is 13.8 Å². The van der Waals surface area contributed by atoms with Crippen molar-refractivity contribution in [1.82, 2.24) is 4.72 Å². The molecule has 0 aromatic heterocycles. The lowest BCUT2D eigenvalue weighted by atomic mass is 10.2. The molecule has 1 rings (SSSR count). The van der Waals surface area contributed by atoms with Crippen LogP contribution in [0.3, 0.4) is 0 Å². The second kappa shape index (κ2) is 6.02. The van der Waals surface area contributed by atoms with E-state index in [1.807, 2.05) is 6.92 Å². The van der Waals surface area contributed by atoms with Gasteiger partial charge in [0.1, 0.15) is 0 Å². The molecule has 0 amide bonds. The number of hydrogen-bond acceptors (Lipinski definition) is 3. The molecule has 6 heteroatoms. The number of aryl methyl sites for hydroxylation is 2. The predicted molar refractivity (Wildman–Crippen MR) is 72.4 cm³/mol. The Labute approximate surface area is 113 Å². The molecule has 0 spiro atoms. The smallest absolute Gasteiger partial charge is 0.241 e. The standard InChI is InChI=1S/C12H18ClNO3S/c1-4-10(7-15)14-18(16,17)12-6-8(2)11(13)5-9(12)3/h5-6,10,14-15H,4,7H2,1-3H3/t10-/m1/s1. The average Bonchev–Trinajstić information content (AvgIpc) is 2.30. The Morgan fingerprint density at radius 2 is 1.94 bits per heavy atom. The summed E-state index contributed by atoms with van der Waals surface area (Å²) in [7, 11) is -3.62. The van der Waals surface area contributed by atoms with Crippen molar-refractivity contribution >= 4 is 21.6 Å². The van der Waals surface area contributed by atoms with E-state index in [4.69, 9.17) is 16.7 Å². The maximum Gasteiger partial charge on any atom is 0.241 e. The van der Waals surface area contributed by atoms with E-state index in [9.17, 15) is 8.42 Å². The number of sulfonamides is 1. The van der Waals surface area contributed by atoms with Crippen molar-refractivity contribution in [3.63, 3.8) is 0 Å². The quantitative estimate of drug-likeness (QED) is 0.872. The highest BCUT2D eigenvalue weighted by atomic mass is 35.5. The molecule has 1 aromatic carbocycles. The molecule has 1 aromatic rings. The number of rotatable bonds is 5. The van der Waals surface area contributed by atoms with Gasteiger partial charge in [-0.25, -0.2) is 13.1 Å². The van der Waals surface area contributed by atoms with Crippen LogP contribution < -0.4 is 4.72 Å². The van der Waals surface area contributed by atoms with Gasteiger partial charge >= 0.3 is 0 Å². The zero-order valence-electron chi connectivity index (χ0n) is 10.7. The van der Waals surface area contributed by atoms with Gasteiger partial charge in [0, 0.05) is 11.1 Å². The Morgan fingerprint density at radius 3 is 2.44 bits per heavy atom. The molecule has 4 nitrogen and oxygen atoms in total. The van der Waals surface area contributed by atoms with Crippen LogP contribution in [0.1, 0.15) is 24.5 Å². The molecular weight excluding hydrogens is 274 g/mol. The molecule has 0 aliphatic carbocycles. The van der Waals surface area contributed by atoms with E-state index in [0.29, 0.717) is 22.6 Å². The highest BCUT2D eigenvalue weighted by molar-refractivity contribution is 7.89. The van der Waals surface area contributed by atoms with Gasteiger partial charge in [-0.3, -0.25) is 0 Å². The third-order valence-corrected chi connectivity index (χ3v) is 4.85. The summed E-state index contributed by atoms with van der Waals surface area (Å²) in [6.07, 6.45) is 0.529. The first kappa shape index (κ1) is 15.4. The SMILES string of the molecule is CC[C@H](CO)NS(=O)(=O)c1cc(C)c(Cl)cc1C. The molecule has 0 fully saturated rings. The van der Waals surface area contributed by atoms with E-state index < -0.39 is 16.1 Å². The predicted octanol–water partition coefficient (Wildman–Crippen LogP) is 2.01. The summed E-state index contributed by atoms with van der Waals surface area (Å²) < 4.78 is 26.8. The Kier molecular flexibility index (Phi) is 5.16. The summed E-state index contributed by atoms with van der Waals surface area (Å²) in [6.45, 7) is 5.04. The summed E-state index contributed by atoms with van der Waals surface area (Å²) in [5.74, 6) is 0. The molecule has 1 atom stereocenters. The third-order valence-electron chi connectivity index (χ3n) is 2.78. The fraction of sp³-hybridized carbons (Fsp3) is 0.500. The number of nitrogens with one attached hydrogen (secondary N) is 1. The summed E-state index contributed by atoms with van der Waals surface area (Å²) in [5, 5.41) is 9.60. The normalized spacial score (nSPS) is 13.6. The molecule has 0 saturated carbocycles. The molecule has 18 heavy (non-hydrogen) atoms. The van der Waals surface area contributed by atoms with Gasteiger partial charge in [-0.1, -0.05) is 18.5 Å². The average molecular weight is 292 g/mol. The topological polar surface area (TPSA) is 66.4 Å². The summed E-state index contributed by atoms with van der Waals surface area (Å²) >= 11 is 5.94. The first-order valence-corrected chi connectivity index (χ1v) is 7.57. The zero-order chi connectivity index (χ0) is 13.9. The monoisotopic (exact) mass is 291 g/mol. The van der Waals surface area contributed by atoms with Gasteiger partial charge in [-0.2, -0.15) is 0 Å². The second-order valence-electron chi connectivity index (χ2n) is 4.28. The van der Waals surface area contributed by atoms with Crippen LogP contribution in [0.15, 0.2) is 17.0 Å². The molecule has 0 heterocycles. The van der Waals surface area contributed by atoms with Gasteiger partial charge in [-0.15, -0.1) is 0 Å². The van der Waals surface area contributed by atoms with Gasteiger partial charge in [0.05, 0.1) is 11.5 Å². The molecule has 0 saturated heterocycles. The maximum absolute atomic E-state index is 12.2. The maximum atomic E-state index is 12.2. The van der Waals surface area contributed by atoms with E-state index in [1.54, 1.807) is 26.0 Å². The lowest BCUT2D eigenvalue weighted by molar-refractivity contribution is 0.254. The van der Waals surface area contributed by atoms with Crippen molar-refractivity contribution in [3.05, 3.63) is 28.3 Å². The molecule has 2 N–H and O–H groups in total. The molecular formula is C12H18ClNO3S. The van der Waals surface area contributed by atoms with Crippen LogP contribution in [-0.4, -0.2) is 26.2 Å². The van der Waals surface area contributed by atoms with Gasteiger partial charge < -0.3 is 5.11 Å². The minimum absolute atomic E-state index is 0.205. The van der Waals surface area contributed by atoms with Crippen molar-refractivity contribution in [3.8, 4) is 0 Å². The highest BCUT2D eigenvalue weighted by Gasteiger charge is 2.21. The van der Waals surface area contributed by atoms with Crippen molar-refractivity contribution in [1.29, 1.82) is 0 Å². The molecule has 102 valence electrons. The van der Waals surface area contributed by atoms with Crippen LogP contribution in [0.4, 0.5) is 0 Å². The minimum atomic E-state index is -3.62. The molecule has 0 unspecified atom stereocenters.